The lowest BCUT2D eigenvalue weighted by Crippen LogP contribution is -2.46. The fourth-order valence-electron chi connectivity index (χ4n) is 2.11. The van der Waals surface area contributed by atoms with Crippen molar-refractivity contribution in [3.05, 3.63) is 29.8 Å². The van der Waals surface area contributed by atoms with Gasteiger partial charge in [0.1, 0.15) is 0 Å². The van der Waals surface area contributed by atoms with E-state index in [2.05, 4.69) is 20.3 Å². The van der Waals surface area contributed by atoms with Crippen molar-refractivity contribution in [2.75, 3.05) is 45.2 Å². The Morgan fingerprint density at radius 3 is 2.80 bits per heavy atom. The lowest BCUT2D eigenvalue weighted by molar-refractivity contribution is -0.117. The van der Waals surface area contributed by atoms with E-state index < -0.39 is 5.97 Å². The SMILES string of the molecule is COC(=O)c1cccc(NC(=O)CN2CCNCC2)c1. The smallest absolute Gasteiger partial charge is 0.337 e. The van der Waals surface area contributed by atoms with Crippen LogP contribution in [0.3, 0.4) is 0 Å². The Morgan fingerprint density at radius 1 is 1.35 bits per heavy atom. The summed E-state index contributed by atoms with van der Waals surface area (Å²) in [7, 11) is 1.33. The summed E-state index contributed by atoms with van der Waals surface area (Å²) in [5.74, 6) is -0.489. The van der Waals surface area contributed by atoms with Crippen molar-refractivity contribution in [3.63, 3.8) is 0 Å². The number of hydrogen-bond donors (Lipinski definition) is 2. The molecule has 0 unspecified atom stereocenters. The van der Waals surface area contributed by atoms with E-state index in [0.717, 1.165) is 26.2 Å². The van der Waals surface area contributed by atoms with E-state index in [1.165, 1.54) is 7.11 Å². The average Bonchev–Trinajstić information content (AvgIpc) is 2.47. The zero-order valence-electron chi connectivity index (χ0n) is 11.5. The van der Waals surface area contributed by atoms with E-state index in [1.54, 1.807) is 24.3 Å². The first-order valence-corrected chi connectivity index (χ1v) is 6.60. The minimum atomic E-state index is -0.414. The standard InChI is InChI=1S/C14H19N3O3/c1-20-14(19)11-3-2-4-12(9-11)16-13(18)10-17-7-5-15-6-8-17/h2-4,9,15H,5-8,10H2,1H3,(H,16,18). The number of esters is 1. The summed E-state index contributed by atoms with van der Waals surface area (Å²) in [6.45, 7) is 3.92. The number of nitrogens with zero attached hydrogens (tertiary/aromatic N) is 1. The fraction of sp³-hybridized carbons (Fsp3) is 0.429. The summed E-state index contributed by atoms with van der Waals surface area (Å²) < 4.78 is 4.65. The second-order valence-corrected chi connectivity index (χ2v) is 4.65. The van der Waals surface area contributed by atoms with Crippen LogP contribution in [0.1, 0.15) is 10.4 Å². The fourth-order valence-corrected chi connectivity index (χ4v) is 2.11. The maximum absolute atomic E-state index is 11.9. The van der Waals surface area contributed by atoms with Crippen LogP contribution in [0, 0.1) is 0 Å². The van der Waals surface area contributed by atoms with E-state index in [-0.39, 0.29) is 5.91 Å². The highest BCUT2D eigenvalue weighted by molar-refractivity contribution is 5.95. The number of amides is 1. The van der Waals surface area contributed by atoms with Crippen molar-refractivity contribution in [2.45, 2.75) is 0 Å². The molecule has 2 N–H and O–H groups in total. The molecule has 0 spiro atoms. The van der Waals surface area contributed by atoms with Gasteiger partial charge in [-0.1, -0.05) is 6.07 Å². The molecule has 1 saturated heterocycles. The number of carbonyl (C=O) groups excluding carboxylic acids is 2. The average molecular weight is 277 g/mol. The monoisotopic (exact) mass is 277 g/mol. The molecular weight excluding hydrogens is 258 g/mol. The summed E-state index contributed by atoms with van der Waals surface area (Å²) in [5.41, 5.74) is 1.03. The first kappa shape index (κ1) is 14.5. The quantitative estimate of drug-likeness (QED) is 0.776. The van der Waals surface area contributed by atoms with Crippen LogP contribution in [0.4, 0.5) is 5.69 Å². The zero-order valence-corrected chi connectivity index (χ0v) is 11.5. The van der Waals surface area contributed by atoms with E-state index in [4.69, 9.17) is 0 Å². The molecule has 6 heteroatoms. The van der Waals surface area contributed by atoms with Crippen LogP contribution in [-0.4, -0.2) is 56.6 Å². The largest absolute Gasteiger partial charge is 0.465 e. The summed E-state index contributed by atoms with van der Waals surface area (Å²) in [4.78, 5) is 25.5. The van der Waals surface area contributed by atoms with Gasteiger partial charge in [-0.2, -0.15) is 0 Å². The number of ether oxygens (including phenoxy) is 1. The number of piperazine rings is 1. The maximum Gasteiger partial charge on any atom is 0.337 e. The van der Waals surface area contributed by atoms with Crippen molar-refractivity contribution in [1.82, 2.24) is 10.2 Å². The molecule has 1 amide bonds. The Kier molecular flexibility index (Phi) is 5.09. The molecule has 1 aliphatic rings. The summed E-state index contributed by atoms with van der Waals surface area (Å²) in [5, 5.41) is 6.04. The predicted octanol–water partition coefficient (Wildman–Crippen LogP) is 0.317. The highest BCUT2D eigenvalue weighted by atomic mass is 16.5. The number of hydrogen-bond acceptors (Lipinski definition) is 5. The Morgan fingerprint density at radius 2 is 2.10 bits per heavy atom. The molecular formula is C14H19N3O3. The predicted molar refractivity (Wildman–Crippen MR) is 75.7 cm³/mol. The van der Waals surface area contributed by atoms with Gasteiger partial charge in [0, 0.05) is 31.9 Å². The van der Waals surface area contributed by atoms with Gasteiger partial charge in [0.15, 0.2) is 0 Å². The van der Waals surface area contributed by atoms with Gasteiger partial charge in [0.05, 0.1) is 19.2 Å². The number of anilines is 1. The molecule has 0 bridgehead atoms. The van der Waals surface area contributed by atoms with Crippen LogP contribution >= 0.6 is 0 Å². The van der Waals surface area contributed by atoms with Gasteiger partial charge in [0.2, 0.25) is 5.91 Å². The molecule has 6 nitrogen and oxygen atoms in total. The molecule has 0 radical (unpaired) electrons. The third-order valence-electron chi connectivity index (χ3n) is 3.14. The van der Waals surface area contributed by atoms with Gasteiger partial charge < -0.3 is 15.4 Å². The highest BCUT2D eigenvalue weighted by Gasteiger charge is 2.14. The molecule has 0 saturated carbocycles. The zero-order chi connectivity index (χ0) is 14.4. The highest BCUT2D eigenvalue weighted by Crippen LogP contribution is 2.11. The number of benzene rings is 1. The molecule has 1 heterocycles. The third-order valence-corrected chi connectivity index (χ3v) is 3.14. The van der Waals surface area contributed by atoms with Gasteiger partial charge in [-0.05, 0) is 18.2 Å². The van der Waals surface area contributed by atoms with Crippen LogP contribution < -0.4 is 10.6 Å². The van der Waals surface area contributed by atoms with Crippen molar-refractivity contribution in [2.24, 2.45) is 0 Å². The Bertz CT molecular complexity index is 484. The van der Waals surface area contributed by atoms with Crippen LogP contribution in [0.5, 0.6) is 0 Å². The number of methoxy groups -OCH3 is 1. The lowest BCUT2D eigenvalue weighted by atomic mass is 10.2. The van der Waals surface area contributed by atoms with Crippen molar-refractivity contribution in [3.8, 4) is 0 Å². The lowest BCUT2D eigenvalue weighted by Gasteiger charge is -2.26. The molecule has 2 rings (SSSR count). The number of rotatable bonds is 4. The van der Waals surface area contributed by atoms with Gasteiger partial charge in [0.25, 0.3) is 0 Å². The van der Waals surface area contributed by atoms with Crippen LogP contribution in [0.2, 0.25) is 0 Å². The summed E-state index contributed by atoms with van der Waals surface area (Å²) in [6, 6.07) is 6.73. The molecule has 1 aliphatic heterocycles. The van der Waals surface area contributed by atoms with E-state index >= 15 is 0 Å². The first-order chi connectivity index (χ1) is 9.69. The molecule has 0 atom stereocenters. The number of carbonyl (C=O) groups is 2. The number of nitrogens with one attached hydrogen (secondary N) is 2. The van der Waals surface area contributed by atoms with Gasteiger partial charge in [-0.15, -0.1) is 0 Å². The van der Waals surface area contributed by atoms with Crippen molar-refractivity contribution >= 4 is 17.6 Å². The Hall–Kier alpha value is -1.92. The van der Waals surface area contributed by atoms with Gasteiger partial charge in [-0.25, -0.2) is 4.79 Å². The second-order valence-electron chi connectivity index (χ2n) is 4.65. The maximum atomic E-state index is 11.9. The van der Waals surface area contributed by atoms with Crippen LogP contribution in [0.25, 0.3) is 0 Å². The van der Waals surface area contributed by atoms with E-state index in [9.17, 15) is 9.59 Å². The third kappa shape index (κ3) is 4.04. The summed E-state index contributed by atoms with van der Waals surface area (Å²) >= 11 is 0. The molecule has 108 valence electrons. The normalized spacial score (nSPS) is 15.7. The molecule has 1 fully saturated rings. The van der Waals surface area contributed by atoms with Gasteiger partial charge in [-0.3, -0.25) is 9.69 Å². The van der Waals surface area contributed by atoms with Gasteiger partial charge >= 0.3 is 5.97 Å². The first-order valence-electron chi connectivity index (χ1n) is 6.60. The minimum Gasteiger partial charge on any atom is -0.465 e. The Labute approximate surface area is 118 Å². The van der Waals surface area contributed by atoms with Crippen LogP contribution in [-0.2, 0) is 9.53 Å². The molecule has 1 aromatic rings. The minimum absolute atomic E-state index is 0.0751. The Balaban J connectivity index is 1.91. The molecule has 20 heavy (non-hydrogen) atoms. The molecule has 0 aliphatic carbocycles. The molecule has 1 aromatic carbocycles. The second kappa shape index (κ2) is 7.02. The van der Waals surface area contributed by atoms with Crippen molar-refractivity contribution < 1.29 is 14.3 Å². The molecule has 0 aromatic heterocycles. The van der Waals surface area contributed by atoms with E-state index in [1.807, 2.05) is 0 Å². The van der Waals surface area contributed by atoms with Crippen LogP contribution in [0.15, 0.2) is 24.3 Å². The van der Waals surface area contributed by atoms with Crippen molar-refractivity contribution in [1.29, 1.82) is 0 Å². The summed E-state index contributed by atoms with van der Waals surface area (Å²) in [6.07, 6.45) is 0. The topological polar surface area (TPSA) is 70.7 Å². The van der Waals surface area contributed by atoms with E-state index in [0.29, 0.717) is 17.8 Å².